The molecule has 0 saturated carbocycles. The maximum Gasteiger partial charge on any atom is 0.224 e. The molecule has 1 atom stereocenters. The van der Waals surface area contributed by atoms with E-state index in [1.807, 2.05) is 21.6 Å². The fourth-order valence-electron chi connectivity index (χ4n) is 3.00. The van der Waals surface area contributed by atoms with E-state index < -0.39 is 0 Å². The topological polar surface area (TPSA) is 80.6 Å². The van der Waals surface area contributed by atoms with E-state index in [1.54, 1.807) is 17.2 Å². The van der Waals surface area contributed by atoms with Gasteiger partial charge >= 0.3 is 0 Å². The van der Waals surface area contributed by atoms with Crippen molar-refractivity contribution < 1.29 is 14.3 Å². The zero-order valence-electron chi connectivity index (χ0n) is 13.7. The van der Waals surface area contributed by atoms with Gasteiger partial charge in [0.05, 0.1) is 19.3 Å². The van der Waals surface area contributed by atoms with Crippen LogP contribution in [0, 0.1) is 0 Å². The van der Waals surface area contributed by atoms with Crippen LogP contribution in [0.3, 0.4) is 0 Å². The molecular weight excluding hydrogens is 330 g/mol. The largest absolute Gasteiger partial charge is 0.377 e. The van der Waals surface area contributed by atoms with Crippen molar-refractivity contribution in [1.29, 1.82) is 0 Å². The number of rotatable bonds is 5. The predicted molar refractivity (Wildman–Crippen MR) is 89.5 cm³/mol. The number of hydrogen-bond donors (Lipinski definition) is 0. The van der Waals surface area contributed by atoms with Crippen LogP contribution < -0.4 is 0 Å². The third kappa shape index (κ3) is 4.47. The first-order valence-electron chi connectivity index (χ1n) is 8.29. The Hall–Kier alpha value is -1.61. The maximum atomic E-state index is 12.5. The highest BCUT2D eigenvalue weighted by atomic mass is 32.2. The van der Waals surface area contributed by atoms with Gasteiger partial charge in [0.2, 0.25) is 11.8 Å². The van der Waals surface area contributed by atoms with Gasteiger partial charge in [-0.3, -0.25) is 9.59 Å². The Kier molecular flexibility index (Phi) is 6.08. The van der Waals surface area contributed by atoms with Crippen molar-refractivity contribution in [2.75, 3.05) is 44.4 Å². The molecule has 0 unspecified atom stereocenters. The van der Waals surface area contributed by atoms with Gasteiger partial charge < -0.3 is 19.1 Å². The third-order valence-corrected chi connectivity index (χ3v) is 5.31. The van der Waals surface area contributed by atoms with E-state index in [0.717, 1.165) is 24.6 Å². The number of carbonyl (C=O) groups is 2. The summed E-state index contributed by atoms with van der Waals surface area (Å²) in [5.74, 6) is 2.17. The number of ether oxygens (including phenoxy) is 1. The Balaban J connectivity index is 1.53. The molecule has 0 aromatic carbocycles. The van der Waals surface area contributed by atoms with E-state index in [0.29, 0.717) is 39.1 Å². The average Bonchev–Trinajstić information content (AvgIpc) is 3.14. The van der Waals surface area contributed by atoms with Gasteiger partial charge in [-0.2, -0.15) is 11.8 Å². The number of hydrogen-bond acceptors (Lipinski definition) is 6. The Bertz CT molecular complexity index is 547. The summed E-state index contributed by atoms with van der Waals surface area (Å²) in [6.45, 7) is 3.68. The molecule has 2 aliphatic heterocycles. The van der Waals surface area contributed by atoms with Crippen molar-refractivity contribution in [2.24, 2.45) is 0 Å². The quantitative estimate of drug-likeness (QED) is 0.733. The fourth-order valence-corrected chi connectivity index (χ4v) is 3.90. The second-order valence-corrected chi connectivity index (χ2v) is 7.19. The summed E-state index contributed by atoms with van der Waals surface area (Å²) in [6, 6.07) is -0.158. The Morgan fingerprint density at radius 3 is 2.62 bits per heavy atom. The van der Waals surface area contributed by atoms with Crippen molar-refractivity contribution in [3.05, 3.63) is 12.7 Å². The standard InChI is InChI=1S/C15H23N5O3S/c21-14(1-2-18-11-16-17-12-18)20-3-6-23-10-13(20)9-15(22)19-4-7-24-8-5-19/h11-13H,1-10H2/t13-/m0/s1. The van der Waals surface area contributed by atoms with E-state index in [4.69, 9.17) is 4.74 Å². The van der Waals surface area contributed by atoms with Crippen LogP contribution in [0.15, 0.2) is 12.7 Å². The van der Waals surface area contributed by atoms with Gasteiger partial charge in [-0.25, -0.2) is 0 Å². The van der Waals surface area contributed by atoms with Crippen LogP contribution in [0.5, 0.6) is 0 Å². The number of aryl methyl sites for hydroxylation is 1. The van der Waals surface area contributed by atoms with E-state index in [9.17, 15) is 9.59 Å². The number of morpholine rings is 1. The summed E-state index contributed by atoms with van der Waals surface area (Å²) >= 11 is 1.88. The lowest BCUT2D eigenvalue weighted by Gasteiger charge is -2.37. The van der Waals surface area contributed by atoms with Gasteiger partial charge in [-0.1, -0.05) is 0 Å². The lowest BCUT2D eigenvalue weighted by atomic mass is 10.1. The molecule has 0 bridgehead atoms. The van der Waals surface area contributed by atoms with Gasteiger partial charge in [-0.05, 0) is 0 Å². The maximum absolute atomic E-state index is 12.5. The molecule has 2 fully saturated rings. The van der Waals surface area contributed by atoms with E-state index in [1.165, 1.54) is 0 Å². The number of amides is 2. The highest BCUT2D eigenvalue weighted by molar-refractivity contribution is 7.99. The van der Waals surface area contributed by atoms with Crippen LogP contribution in [0.1, 0.15) is 12.8 Å². The Morgan fingerprint density at radius 1 is 1.12 bits per heavy atom. The summed E-state index contributed by atoms with van der Waals surface area (Å²) < 4.78 is 7.29. The Morgan fingerprint density at radius 2 is 1.88 bits per heavy atom. The van der Waals surface area contributed by atoms with Crippen molar-refractivity contribution in [3.8, 4) is 0 Å². The van der Waals surface area contributed by atoms with Crippen LogP contribution in [-0.4, -0.2) is 86.8 Å². The lowest BCUT2D eigenvalue weighted by molar-refractivity contribution is -0.143. The van der Waals surface area contributed by atoms with Crippen LogP contribution in [0.4, 0.5) is 0 Å². The van der Waals surface area contributed by atoms with Crippen molar-refractivity contribution in [1.82, 2.24) is 24.6 Å². The van der Waals surface area contributed by atoms with E-state index in [2.05, 4.69) is 10.2 Å². The molecule has 0 radical (unpaired) electrons. The molecule has 3 rings (SSSR count). The summed E-state index contributed by atoms with van der Waals surface area (Å²) in [5.41, 5.74) is 0. The van der Waals surface area contributed by atoms with Gasteiger partial charge in [0.15, 0.2) is 0 Å². The van der Waals surface area contributed by atoms with Gasteiger partial charge in [0.1, 0.15) is 12.7 Å². The molecule has 0 N–H and O–H groups in total. The number of thioether (sulfide) groups is 1. The molecule has 2 saturated heterocycles. The highest BCUT2D eigenvalue weighted by Gasteiger charge is 2.30. The molecule has 0 aliphatic carbocycles. The molecule has 8 nitrogen and oxygen atoms in total. The van der Waals surface area contributed by atoms with E-state index in [-0.39, 0.29) is 17.9 Å². The molecule has 1 aromatic rings. The monoisotopic (exact) mass is 353 g/mol. The smallest absolute Gasteiger partial charge is 0.224 e. The molecule has 2 aliphatic rings. The number of aromatic nitrogens is 3. The lowest BCUT2D eigenvalue weighted by Crippen LogP contribution is -2.51. The van der Waals surface area contributed by atoms with Gasteiger partial charge in [0, 0.05) is 50.5 Å². The molecule has 2 amide bonds. The van der Waals surface area contributed by atoms with Crippen LogP contribution in [0.25, 0.3) is 0 Å². The molecule has 3 heterocycles. The molecule has 1 aromatic heterocycles. The minimum Gasteiger partial charge on any atom is -0.377 e. The van der Waals surface area contributed by atoms with Crippen molar-refractivity contribution in [3.63, 3.8) is 0 Å². The predicted octanol–water partition coefficient (Wildman–Crippen LogP) is -0.139. The Labute approximate surface area is 145 Å². The molecule has 9 heteroatoms. The number of nitrogens with zero attached hydrogens (tertiary/aromatic N) is 5. The molecule has 132 valence electrons. The molecular formula is C15H23N5O3S. The first kappa shape index (κ1) is 17.2. The first-order valence-corrected chi connectivity index (χ1v) is 9.44. The van der Waals surface area contributed by atoms with Crippen LogP contribution >= 0.6 is 11.8 Å². The zero-order valence-corrected chi connectivity index (χ0v) is 14.5. The fraction of sp³-hybridized carbons (Fsp3) is 0.733. The third-order valence-electron chi connectivity index (χ3n) is 4.37. The first-order chi connectivity index (χ1) is 11.7. The van der Waals surface area contributed by atoms with Crippen molar-refractivity contribution in [2.45, 2.75) is 25.4 Å². The van der Waals surface area contributed by atoms with Crippen LogP contribution in [-0.2, 0) is 20.9 Å². The van der Waals surface area contributed by atoms with Gasteiger partial charge in [0.25, 0.3) is 0 Å². The molecule has 0 spiro atoms. The van der Waals surface area contributed by atoms with Crippen molar-refractivity contribution >= 4 is 23.6 Å². The highest BCUT2D eigenvalue weighted by Crippen LogP contribution is 2.16. The summed E-state index contributed by atoms with van der Waals surface area (Å²) in [6.07, 6.45) is 3.93. The zero-order chi connectivity index (χ0) is 16.8. The summed E-state index contributed by atoms with van der Waals surface area (Å²) in [4.78, 5) is 28.7. The second-order valence-electron chi connectivity index (χ2n) is 5.96. The van der Waals surface area contributed by atoms with E-state index >= 15 is 0 Å². The second kappa shape index (κ2) is 8.48. The van der Waals surface area contributed by atoms with Crippen LogP contribution in [0.2, 0.25) is 0 Å². The molecule has 24 heavy (non-hydrogen) atoms. The normalized spacial score (nSPS) is 21.8. The minimum absolute atomic E-state index is 0.0546. The summed E-state index contributed by atoms with van der Waals surface area (Å²) in [5, 5.41) is 7.47. The minimum atomic E-state index is -0.158. The average molecular weight is 353 g/mol. The van der Waals surface area contributed by atoms with Gasteiger partial charge in [-0.15, -0.1) is 10.2 Å². The summed E-state index contributed by atoms with van der Waals surface area (Å²) in [7, 11) is 0. The number of carbonyl (C=O) groups excluding carboxylic acids is 2. The SMILES string of the molecule is O=C(C[C@H]1COCCN1C(=O)CCn1cnnc1)N1CCSCC1.